The van der Waals surface area contributed by atoms with Gasteiger partial charge in [0.2, 0.25) is 0 Å². The molecule has 1 aliphatic heterocycles. The van der Waals surface area contributed by atoms with Crippen LogP contribution in [0.2, 0.25) is 0 Å². The van der Waals surface area contributed by atoms with E-state index in [2.05, 4.69) is 0 Å². The first-order chi connectivity index (χ1) is 8.97. The van der Waals surface area contributed by atoms with E-state index in [9.17, 15) is 18.8 Å². The summed E-state index contributed by atoms with van der Waals surface area (Å²) >= 11 is 0. The molecular formula is C12H14FNO5. The molecule has 0 amide bonds. The predicted octanol–water partition coefficient (Wildman–Crippen LogP) is 0.379. The Hall–Kier alpha value is -2.02. The van der Waals surface area contributed by atoms with Crippen molar-refractivity contribution in [3.05, 3.63) is 22.5 Å². The Kier molecular flexibility index (Phi) is 4.55. The minimum Gasteiger partial charge on any atom is -0.475 e. The molecule has 6 nitrogen and oxygen atoms in total. The molecule has 0 saturated heterocycles. The van der Waals surface area contributed by atoms with Gasteiger partial charge >= 0.3 is 5.97 Å². The summed E-state index contributed by atoms with van der Waals surface area (Å²) < 4.78 is 14.6. The monoisotopic (exact) mass is 271 g/mol. The van der Waals surface area contributed by atoms with Gasteiger partial charge in [0.05, 0.1) is 17.8 Å². The van der Waals surface area contributed by atoms with Crippen LogP contribution in [0, 0.1) is 6.92 Å². The molecule has 1 unspecified atom stereocenters. The van der Waals surface area contributed by atoms with E-state index in [1.165, 1.54) is 11.5 Å². The van der Waals surface area contributed by atoms with Crippen LogP contribution in [0.25, 0.3) is 0 Å². The minimum atomic E-state index is -1.60. The number of halogens is 1. The van der Waals surface area contributed by atoms with Crippen molar-refractivity contribution in [1.82, 2.24) is 4.57 Å². The molecule has 1 atom stereocenters. The number of fused-ring (bicyclic) bond motifs is 1. The lowest BCUT2D eigenvalue weighted by Gasteiger charge is -2.00. The molecule has 0 fully saturated rings. The van der Waals surface area contributed by atoms with Crippen molar-refractivity contribution >= 4 is 18.0 Å². The van der Waals surface area contributed by atoms with E-state index in [4.69, 9.17) is 10.2 Å². The summed E-state index contributed by atoms with van der Waals surface area (Å²) in [5.41, 5.74) is 0.767. The van der Waals surface area contributed by atoms with E-state index in [1.54, 1.807) is 0 Å². The zero-order valence-electron chi connectivity index (χ0n) is 10.5. The lowest BCUT2D eigenvalue weighted by Crippen LogP contribution is -2.15. The van der Waals surface area contributed by atoms with Crippen molar-refractivity contribution in [1.29, 1.82) is 0 Å². The quantitative estimate of drug-likeness (QED) is 0.470. The molecule has 19 heavy (non-hydrogen) atoms. The smallest absolute Gasteiger partial charge is 0.377 e. The molecule has 0 radical (unpaired) electrons. The number of aliphatic hydroxyl groups is 1. The van der Waals surface area contributed by atoms with Gasteiger partial charge in [-0.15, -0.1) is 0 Å². The Bertz CT molecular complexity index is 535. The van der Waals surface area contributed by atoms with Gasteiger partial charge in [0, 0.05) is 19.2 Å². The van der Waals surface area contributed by atoms with Crippen LogP contribution in [0.3, 0.4) is 0 Å². The standard InChI is InChI=1S/C11H10FNO4.CH4O/c1-5-8(4-14)13-3-6(12)2-7(13)9(5)10(15)11(16)17;1-2/h4,6H,2-3H2,1H3,(H,16,17);2H,1H3. The predicted molar refractivity (Wildman–Crippen MR) is 63.3 cm³/mol. The van der Waals surface area contributed by atoms with Crippen molar-refractivity contribution in [3.8, 4) is 0 Å². The lowest BCUT2D eigenvalue weighted by molar-refractivity contribution is -0.131. The number of Topliss-reactive ketones (excluding diaryl/α,β-unsaturated/α-hetero) is 1. The van der Waals surface area contributed by atoms with Crippen LogP contribution in [0.5, 0.6) is 0 Å². The Morgan fingerprint density at radius 3 is 2.47 bits per heavy atom. The molecule has 1 aliphatic rings. The molecule has 0 saturated carbocycles. The number of carbonyl (C=O) groups is 3. The number of aliphatic carboxylic acids is 1. The molecule has 2 N–H and O–H groups in total. The maximum absolute atomic E-state index is 13.2. The third kappa shape index (κ3) is 2.41. The summed E-state index contributed by atoms with van der Waals surface area (Å²) in [6.07, 6.45) is -0.678. The number of hydrogen-bond donors (Lipinski definition) is 2. The summed E-state index contributed by atoms with van der Waals surface area (Å²) in [5.74, 6) is -2.69. The first-order valence-electron chi connectivity index (χ1n) is 5.51. The van der Waals surface area contributed by atoms with Crippen LogP contribution in [0.15, 0.2) is 0 Å². The van der Waals surface area contributed by atoms with Gasteiger partial charge in [0.25, 0.3) is 5.78 Å². The fraction of sp³-hybridized carbons (Fsp3) is 0.417. The number of aliphatic hydroxyl groups excluding tert-OH is 1. The van der Waals surface area contributed by atoms with Gasteiger partial charge in [-0.3, -0.25) is 9.59 Å². The van der Waals surface area contributed by atoms with Crippen LogP contribution in [-0.2, 0) is 17.8 Å². The number of aromatic nitrogens is 1. The third-order valence-electron chi connectivity index (χ3n) is 2.99. The van der Waals surface area contributed by atoms with Gasteiger partial charge < -0.3 is 14.8 Å². The molecule has 0 aromatic carbocycles. The van der Waals surface area contributed by atoms with Gasteiger partial charge in [-0.25, -0.2) is 9.18 Å². The van der Waals surface area contributed by atoms with Gasteiger partial charge in [-0.2, -0.15) is 0 Å². The van der Waals surface area contributed by atoms with E-state index in [1.807, 2.05) is 0 Å². The zero-order valence-corrected chi connectivity index (χ0v) is 10.5. The van der Waals surface area contributed by atoms with E-state index in [-0.39, 0.29) is 24.2 Å². The average molecular weight is 271 g/mol. The highest BCUT2D eigenvalue weighted by Crippen LogP contribution is 2.29. The van der Waals surface area contributed by atoms with Crippen LogP contribution >= 0.6 is 0 Å². The maximum Gasteiger partial charge on any atom is 0.377 e. The molecule has 7 heteroatoms. The summed E-state index contributed by atoms with van der Waals surface area (Å²) in [4.78, 5) is 33.1. The number of carbonyl (C=O) groups excluding carboxylic acids is 2. The molecular weight excluding hydrogens is 257 g/mol. The second-order valence-corrected chi connectivity index (χ2v) is 4.00. The number of carboxylic acid groups (broad SMARTS) is 1. The number of nitrogens with zero attached hydrogens (tertiary/aromatic N) is 1. The highest BCUT2D eigenvalue weighted by molar-refractivity contribution is 6.40. The zero-order chi connectivity index (χ0) is 14.7. The number of aldehydes is 1. The molecule has 2 heterocycles. The summed E-state index contributed by atoms with van der Waals surface area (Å²) in [6, 6.07) is 0. The van der Waals surface area contributed by atoms with Gasteiger partial charge in [0.15, 0.2) is 6.29 Å². The summed E-state index contributed by atoms with van der Waals surface area (Å²) in [5, 5.41) is 15.7. The maximum atomic E-state index is 13.2. The second-order valence-electron chi connectivity index (χ2n) is 4.00. The average Bonchev–Trinajstić information content (AvgIpc) is 2.84. The lowest BCUT2D eigenvalue weighted by atomic mass is 10.0. The van der Waals surface area contributed by atoms with E-state index in [0.717, 1.165) is 7.11 Å². The van der Waals surface area contributed by atoms with Crippen LogP contribution in [0.4, 0.5) is 4.39 Å². The Balaban J connectivity index is 0.000000861. The van der Waals surface area contributed by atoms with Crippen molar-refractivity contribution in [2.75, 3.05) is 7.11 Å². The number of carboxylic acids is 1. The van der Waals surface area contributed by atoms with Gasteiger partial charge in [-0.05, 0) is 12.5 Å². The van der Waals surface area contributed by atoms with E-state index < -0.39 is 17.9 Å². The first-order valence-corrected chi connectivity index (χ1v) is 5.51. The Morgan fingerprint density at radius 2 is 2.00 bits per heavy atom. The molecule has 2 rings (SSSR count). The largest absolute Gasteiger partial charge is 0.475 e. The fourth-order valence-corrected chi connectivity index (χ4v) is 2.28. The number of hydrogen-bond acceptors (Lipinski definition) is 4. The fourth-order valence-electron chi connectivity index (χ4n) is 2.28. The first kappa shape index (κ1) is 15.0. The second kappa shape index (κ2) is 5.75. The highest BCUT2D eigenvalue weighted by atomic mass is 19.1. The number of alkyl halides is 1. The van der Waals surface area contributed by atoms with Crippen molar-refractivity contribution in [3.63, 3.8) is 0 Å². The van der Waals surface area contributed by atoms with E-state index >= 15 is 0 Å². The highest BCUT2D eigenvalue weighted by Gasteiger charge is 2.33. The van der Waals surface area contributed by atoms with Crippen LogP contribution in [-0.4, -0.2) is 46.1 Å². The SMILES string of the molecule is CO.Cc1c(C(=O)C(=O)O)c2n(c1C=O)CC(F)C2. The van der Waals surface area contributed by atoms with E-state index in [0.29, 0.717) is 17.5 Å². The van der Waals surface area contributed by atoms with Crippen molar-refractivity contribution in [2.45, 2.75) is 26.1 Å². The number of rotatable bonds is 3. The number of ketones is 1. The normalized spacial score (nSPS) is 16.3. The topological polar surface area (TPSA) is 96.6 Å². The van der Waals surface area contributed by atoms with Gasteiger partial charge in [0.1, 0.15) is 6.17 Å². The molecule has 1 aromatic heterocycles. The minimum absolute atomic E-state index is 0.00283. The molecule has 0 aliphatic carbocycles. The third-order valence-corrected chi connectivity index (χ3v) is 2.99. The van der Waals surface area contributed by atoms with Crippen LogP contribution in [0.1, 0.15) is 32.1 Å². The Morgan fingerprint density at radius 1 is 1.42 bits per heavy atom. The van der Waals surface area contributed by atoms with Gasteiger partial charge in [-0.1, -0.05) is 0 Å². The molecule has 1 aromatic rings. The van der Waals surface area contributed by atoms with Crippen molar-refractivity contribution in [2.24, 2.45) is 0 Å². The Labute approximate surface area is 108 Å². The molecule has 0 bridgehead atoms. The summed E-state index contributed by atoms with van der Waals surface area (Å²) in [6.45, 7) is 1.50. The summed E-state index contributed by atoms with van der Waals surface area (Å²) in [7, 11) is 1.00. The molecule has 104 valence electrons. The van der Waals surface area contributed by atoms with Crippen molar-refractivity contribution < 1.29 is 29.0 Å². The molecule has 0 spiro atoms. The van der Waals surface area contributed by atoms with Crippen LogP contribution < -0.4 is 0 Å².